The Kier molecular flexibility index (Phi) is 6.00. The highest BCUT2D eigenvalue weighted by Crippen LogP contribution is 2.18. The summed E-state index contributed by atoms with van der Waals surface area (Å²) in [5, 5.41) is 0. The van der Waals surface area contributed by atoms with Crippen LogP contribution in [0.2, 0.25) is 0 Å². The Morgan fingerprint density at radius 2 is 1.88 bits per heavy atom. The van der Waals surface area contributed by atoms with Crippen LogP contribution < -0.4 is 4.74 Å². The largest absolute Gasteiger partial charge is 0.491 e. The summed E-state index contributed by atoms with van der Waals surface area (Å²) in [7, 11) is 0. The van der Waals surface area contributed by atoms with E-state index in [1.165, 1.54) is 0 Å². The average Bonchev–Trinajstić information content (AvgIpc) is 2.22. The quantitative estimate of drug-likeness (QED) is 0.730. The topological polar surface area (TPSA) is 18.5 Å². The van der Waals surface area contributed by atoms with E-state index in [0.717, 1.165) is 23.2 Å². The van der Waals surface area contributed by atoms with E-state index < -0.39 is 0 Å². The summed E-state index contributed by atoms with van der Waals surface area (Å²) in [6.45, 7) is 8.69. The minimum Gasteiger partial charge on any atom is -0.491 e. The van der Waals surface area contributed by atoms with Gasteiger partial charge >= 0.3 is 0 Å². The highest BCUT2D eigenvalue weighted by atomic mass is 79.9. The predicted octanol–water partition coefficient (Wildman–Crippen LogP) is 4.28. The van der Waals surface area contributed by atoms with E-state index in [1.807, 2.05) is 24.3 Å². The van der Waals surface area contributed by atoms with Crippen molar-refractivity contribution in [3.05, 3.63) is 28.7 Å². The molecular formula is C14H21BrO2. The second kappa shape index (κ2) is 7.02. The fourth-order valence-corrected chi connectivity index (χ4v) is 1.63. The van der Waals surface area contributed by atoms with Gasteiger partial charge in [-0.15, -0.1) is 0 Å². The normalized spacial score (nSPS) is 11.5. The van der Waals surface area contributed by atoms with E-state index in [-0.39, 0.29) is 0 Å². The number of rotatable bonds is 6. The van der Waals surface area contributed by atoms with Gasteiger partial charge in [-0.25, -0.2) is 0 Å². The van der Waals surface area contributed by atoms with Gasteiger partial charge in [0.05, 0.1) is 6.61 Å². The smallest absolute Gasteiger partial charge is 0.120 e. The molecule has 0 spiro atoms. The summed E-state index contributed by atoms with van der Waals surface area (Å²) in [4.78, 5) is 0. The minimum atomic E-state index is 0.338. The standard InChI is InChI=1S/C14H21BrO2/c1-14(2,3)7-8-16-9-10-17-13-6-4-5-12(15)11-13/h4-6,11H,7-10H2,1-3H3. The molecule has 0 radical (unpaired) electrons. The van der Waals surface area contributed by atoms with Gasteiger partial charge in [-0.05, 0) is 30.0 Å². The van der Waals surface area contributed by atoms with Crippen LogP contribution in [-0.2, 0) is 4.74 Å². The first-order valence-electron chi connectivity index (χ1n) is 5.93. The molecule has 96 valence electrons. The molecule has 0 aromatic heterocycles. The van der Waals surface area contributed by atoms with Crippen LogP contribution in [0.25, 0.3) is 0 Å². The Balaban J connectivity index is 2.09. The van der Waals surface area contributed by atoms with E-state index >= 15 is 0 Å². The van der Waals surface area contributed by atoms with Crippen LogP contribution in [0.1, 0.15) is 27.2 Å². The molecule has 1 aromatic carbocycles. The lowest BCUT2D eigenvalue weighted by atomic mass is 9.93. The predicted molar refractivity (Wildman–Crippen MR) is 74.5 cm³/mol. The van der Waals surface area contributed by atoms with Crippen molar-refractivity contribution in [1.29, 1.82) is 0 Å². The maximum absolute atomic E-state index is 5.56. The molecule has 0 saturated heterocycles. The molecule has 0 unspecified atom stereocenters. The zero-order valence-corrected chi connectivity index (χ0v) is 12.4. The molecule has 0 aliphatic carbocycles. The van der Waals surface area contributed by atoms with Crippen LogP contribution in [0.15, 0.2) is 28.7 Å². The molecule has 0 N–H and O–H groups in total. The van der Waals surface area contributed by atoms with Crippen molar-refractivity contribution in [1.82, 2.24) is 0 Å². The van der Waals surface area contributed by atoms with Gasteiger partial charge in [0.15, 0.2) is 0 Å². The SMILES string of the molecule is CC(C)(C)CCOCCOc1cccc(Br)c1. The Bertz CT molecular complexity index is 331. The number of hydrogen-bond donors (Lipinski definition) is 0. The minimum absolute atomic E-state index is 0.338. The van der Waals surface area contributed by atoms with Crippen molar-refractivity contribution in [2.24, 2.45) is 5.41 Å². The van der Waals surface area contributed by atoms with Crippen molar-refractivity contribution < 1.29 is 9.47 Å². The molecule has 3 heteroatoms. The third-order valence-corrected chi connectivity index (χ3v) is 2.78. The Morgan fingerprint density at radius 1 is 1.12 bits per heavy atom. The van der Waals surface area contributed by atoms with Gasteiger partial charge in [-0.1, -0.05) is 42.8 Å². The second-order valence-electron chi connectivity index (χ2n) is 5.23. The third kappa shape index (κ3) is 7.40. The molecule has 0 amide bonds. The zero-order valence-electron chi connectivity index (χ0n) is 10.8. The van der Waals surface area contributed by atoms with E-state index in [9.17, 15) is 0 Å². The van der Waals surface area contributed by atoms with Gasteiger partial charge < -0.3 is 9.47 Å². The second-order valence-corrected chi connectivity index (χ2v) is 6.14. The molecule has 1 rings (SSSR count). The van der Waals surface area contributed by atoms with E-state index in [2.05, 4.69) is 36.7 Å². The van der Waals surface area contributed by atoms with Crippen molar-refractivity contribution in [3.8, 4) is 5.75 Å². The summed E-state index contributed by atoms with van der Waals surface area (Å²) in [6, 6.07) is 7.83. The van der Waals surface area contributed by atoms with Gasteiger partial charge in [0, 0.05) is 11.1 Å². The van der Waals surface area contributed by atoms with Crippen molar-refractivity contribution in [2.45, 2.75) is 27.2 Å². The van der Waals surface area contributed by atoms with Gasteiger partial charge in [0.1, 0.15) is 12.4 Å². The molecule has 0 aliphatic rings. The third-order valence-electron chi connectivity index (χ3n) is 2.29. The van der Waals surface area contributed by atoms with Crippen LogP contribution in [0.5, 0.6) is 5.75 Å². The van der Waals surface area contributed by atoms with Crippen LogP contribution in [0.4, 0.5) is 0 Å². The lowest BCUT2D eigenvalue weighted by Crippen LogP contribution is -2.12. The zero-order chi connectivity index (χ0) is 12.7. The summed E-state index contributed by atoms with van der Waals surface area (Å²) in [5.41, 5.74) is 0.338. The molecule has 0 bridgehead atoms. The Hall–Kier alpha value is -0.540. The maximum atomic E-state index is 5.56. The summed E-state index contributed by atoms with van der Waals surface area (Å²) in [5.74, 6) is 0.874. The van der Waals surface area contributed by atoms with Crippen molar-refractivity contribution in [3.63, 3.8) is 0 Å². The molecule has 0 saturated carbocycles. The summed E-state index contributed by atoms with van der Waals surface area (Å²) < 4.78 is 12.1. The van der Waals surface area contributed by atoms with Gasteiger partial charge in [0.25, 0.3) is 0 Å². The monoisotopic (exact) mass is 300 g/mol. The molecule has 0 heterocycles. The van der Waals surface area contributed by atoms with Crippen LogP contribution >= 0.6 is 15.9 Å². The highest BCUT2D eigenvalue weighted by molar-refractivity contribution is 9.10. The van der Waals surface area contributed by atoms with E-state index in [1.54, 1.807) is 0 Å². The lowest BCUT2D eigenvalue weighted by molar-refractivity contribution is 0.0818. The number of hydrogen-bond acceptors (Lipinski definition) is 2. The fourth-order valence-electron chi connectivity index (χ4n) is 1.26. The number of ether oxygens (including phenoxy) is 2. The first-order chi connectivity index (χ1) is 7.97. The van der Waals surface area contributed by atoms with Crippen molar-refractivity contribution >= 4 is 15.9 Å². The van der Waals surface area contributed by atoms with Gasteiger partial charge in [0.2, 0.25) is 0 Å². The van der Waals surface area contributed by atoms with Crippen molar-refractivity contribution in [2.75, 3.05) is 19.8 Å². The lowest BCUT2D eigenvalue weighted by Gasteiger charge is -2.17. The molecule has 2 nitrogen and oxygen atoms in total. The van der Waals surface area contributed by atoms with E-state index in [4.69, 9.17) is 9.47 Å². The fraction of sp³-hybridized carbons (Fsp3) is 0.571. The van der Waals surface area contributed by atoms with Gasteiger partial charge in [-0.3, -0.25) is 0 Å². The molecule has 1 aromatic rings. The average molecular weight is 301 g/mol. The molecule has 0 aliphatic heterocycles. The molecule has 0 fully saturated rings. The van der Waals surface area contributed by atoms with E-state index in [0.29, 0.717) is 18.6 Å². The molecular weight excluding hydrogens is 280 g/mol. The number of halogens is 1. The Labute approximate surface area is 112 Å². The summed E-state index contributed by atoms with van der Waals surface area (Å²) >= 11 is 3.41. The van der Waals surface area contributed by atoms with Crippen LogP contribution in [0, 0.1) is 5.41 Å². The van der Waals surface area contributed by atoms with Crippen LogP contribution in [-0.4, -0.2) is 19.8 Å². The summed E-state index contributed by atoms with van der Waals surface area (Å²) in [6.07, 6.45) is 1.07. The molecule has 0 atom stereocenters. The Morgan fingerprint density at radius 3 is 2.53 bits per heavy atom. The first-order valence-corrected chi connectivity index (χ1v) is 6.73. The molecule has 17 heavy (non-hydrogen) atoms. The number of benzene rings is 1. The first kappa shape index (κ1) is 14.5. The highest BCUT2D eigenvalue weighted by Gasteiger charge is 2.08. The van der Waals surface area contributed by atoms with Gasteiger partial charge in [-0.2, -0.15) is 0 Å². The van der Waals surface area contributed by atoms with Crippen LogP contribution in [0.3, 0.4) is 0 Å². The maximum Gasteiger partial charge on any atom is 0.120 e.